The van der Waals surface area contributed by atoms with Crippen molar-refractivity contribution in [2.45, 2.75) is 26.7 Å². The summed E-state index contributed by atoms with van der Waals surface area (Å²) >= 11 is 7.20. The first kappa shape index (κ1) is 11.5. The Bertz CT molecular complexity index is 336. The lowest BCUT2D eigenvalue weighted by Gasteiger charge is -1.97. The normalized spacial score (nSPS) is 10.9. The Morgan fingerprint density at radius 3 is 2.79 bits per heavy atom. The molecule has 1 heterocycles. The third kappa shape index (κ3) is 3.27. The summed E-state index contributed by atoms with van der Waals surface area (Å²) in [5.41, 5.74) is 0. The number of nitrogens with zero attached hydrogens (tertiary/aromatic N) is 1. The number of rotatable bonds is 4. The van der Waals surface area contributed by atoms with Crippen LogP contribution in [0.1, 0.15) is 23.7 Å². The minimum Gasteiger partial charge on any atom is -0.481 e. The quantitative estimate of drug-likeness (QED) is 0.870. The molecule has 1 N–H and O–H groups in total. The first-order valence-corrected chi connectivity index (χ1v) is 5.54. The van der Waals surface area contributed by atoms with Gasteiger partial charge < -0.3 is 5.11 Å². The third-order valence-electron chi connectivity index (χ3n) is 1.59. The number of hydrogen-bond acceptors (Lipinski definition) is 3. The molecule has 1 aromatic heterocycles. The molecule has 0 aliphatic rings. The minimum absolute atomic E-state index is 0.0331. The van der Waals surface area contributed by atoms with Crippen LogP contribution in [0.5, 0.6) is 0 Å². The summed E-state index contributed by atoms with van der Waals surface area (Å²) in [6.07, 6.45) is 0.818. The van der Waals surface area contributed by atoms with Crippen molar-refractivity contribution in [2.75, 3.05) is 0 Å². The molecule has 1 aromatic rings. The van der Waals surface area contributed by atoms with Crippen LogP contribution in [0.3, 0.4) is 0 Å². The van der Waals surface area contributed by atoms with Gasteiger partial charge in [0, 0.05) is 6.42 Å². The predicted octanol–water partition coefficient (Wildman–Crippen LogP) is 2.62. The van der Waals surface area contributed by atoms with Crippen molar-refractivity contribution in [1.29, 1.82) is 0 Å². The molecule has 0 amide bonds. The largest absolute Gasteiger partial charge is 0.481 e. The van der Waals surface area contributed by atoms with Crippen LogP contribution in [-0.2, 0) is 17.6 Å². The first-order chi connectivity index (χ1) is 6.49. The fourth-order valence-corrected chi connectivity index (χ4v) is 2.56. The van der Waals surface area contributed by atoms with Crippen molar-refractivity contribution in [2.24, 2.45) is 5.92 Å². The van der Waals surface area contributed by atoms with Crippen molar-refractivity contribution in [1.82, 2.24) is 4.98 Å². The van der Waals surface area contributed by atoms with E-state index in [0.717, 1.165) is 11.4 Å². The molecule has 0 saturated heterocycles. The fourth-order valence-electron chi connectivity index (χ4n) is 1.06. The summed E-state index contributed by atoms with van der Waals surface area (Å²) in [5, 5.41) is 9.86. The number of thiazole rings is 1. The zero-order valence-electron chi connectivity index (χ0n) is 8.08. The number of aromatic nitrogens is 1. The van der Waals surface area contributed by atoms with Gasteiger partial charge in [0.25, 0.3) is 0 Å². The smallest absolute Gasteiger partial charge is 0.308 e. The summed E-state index contributed by atoms with van der Waals surface area (Å²) in [6.45, 7) is 4.18. The molecule has 0 spiro atoms. The molecule has 0 unspecified atom stereocenters. The predicted molar refractivity (Wildman–Crippen MR) is 57.0 cm³/mol. The van der Waals surface area contributed by atoms with Crippen LogP contribution >= 0.6 is 22.9 Å². The molecule has 0 bridgehead atoms. The van der Waals surface area contributed by atoms with Crippen molar-refractivity contribution >= 4 is 28.9 Å². The van der Waals surface area contributed by atoms with E-state index >= 15 is 0 Å². The van der Waals surface area contributed by atoms with Crippen molar-refractivity contribution < 1.29 is 9.90 Å². The lowest BCUT2D eigenvalue weighted by atomic mass is 10.1. The van der Waals surface area contributed by atoms with Crippen LogP contribution in [0.25, 0.3) is 0 Å². The molecule has 0 fully saturated rings. The van der Waals surface area contributed by atoms with Crippen LogP contribution < -0.4 is 0 Å². The molecule has 0 saturated carbocycles. The van der Waals surface area contributed by atoms with E-state index in [1.54, 1.807) is 0 Å². The van der Waals surface area contributed by atoms with Crippen LogP contribution in [0.4, 0.5) is 0 Å². The number of hydrogen-bond donors (Lipinski definition) is 1. The molecule has 78 valence electrons. The van der Waals surface area contributed by atoms with Gasteiger partial charge in [0.05, 0.1) is 16.3 Å². The molecule has 0 aromatic carbocycles. The minimum atomic E-state index is -0.869. The van der Waals surface area contributed by atoms with Gasteiger partial charge in [-0.1, -0.05) is 25.4 Å². The van der Waals surface area contributed by atoms with Gasteiger partial charge in [0.15, 0.2) is 0 Å². The zero-order valence-corrected chi connectivity index (χ0v) is 9.65. The number of carboxylic acids is 1. The van der Waals surface area contributed by atoms with Gasteiger partial charge in [-0.3, -0.25) is 4.79 Å². The Kier molecular flexibility index (Phi) is 3.89. The molecule has 0 aliphatic carbocycles. The highest BCUT2D eigenvalue weighted by molar-refractivity contribution is 7.12. The summed E-state index contributed by atoms with van der Waals surface area (Å²) in [4.78, 5) is 15.2. The van der Waals surface area contributed by atoms with Gasteiger partial charge >= 0.3 is 5.97 Å². The SMILES string of the molecule is CC(C)Cc1nc(Cl)c(CC(=O)O)s1. The topological polar surface area (TPSA) is 50.2 Å². The number of carbonyl (C=O) groups is 1. The lowest BCUT2D eigenvalue weighted by molar-refractivity contribution is -0.136. The van der Waals surface area contributed by atoms with E-state index in [0.29, 0.717) is 15.9 Å². The molecule has 0 radical (unpaired) electrons. The maximum atomic E-state index is 10.5. The van der Waals surface area contributed by atoms with E-state index in [2.05, 4.69) is 18.8 Å². The molecule has 5 heteroatoms. The fraction of sp³-hybridized carbons (Fsp3) is 0.556. The van der Waals surface area contributed by atoms with Crippen LogP contribution in [0.2, 0.25) is 5.15 Å². The van der Waals surface area contributed by atoms with Gasteiger partial charge in [-0.15, -0.1) is 11.3 Å². The van der Waals surface area contributed by atoms with E-state index in [1.165, 1.54) is 11.3 Å². The molecule has 3 nitrogen and oxygen atoms in total. The zero-order chi connectivity index (χ0) is 10.7. The Balaban J connectivity index is 2.76. The van der Waals surface area contributed by atoms with E-state index in [4.69, 9.17) is 16.7 Å². The number of aliphatic carboxylic acids is 1. The molecule has 14 heavy (non-hydrogen) atoms. The maximum Gasteiger partial charge on any atom is 0.308 e. The number of halogens is 1. The van der Waals surface area contributed by atoms with Crippen LogP contribution in [0.15, 0.2) is 0 Å². The molecular weight excluding hydrogens is 222 g/mol. The van der Waals surface area contributed by atoms with Gasteiger partial charge in [0.2, 0.25) is 0 Å². The second-order valence-corrected chi connectivity index (χ2v) is 5.02. The molecule has 1 rings (SSSR count). The van der Waals surface area contributed by atoms with Crippen LogP contribution in [-0.4, -0.2) is 16.1 Å². The summed E-state index contributed by atoms with van der Waals surface area (Å²) in [7, 11) is 0. The van der Waals surface area contributed by atoms with E-state index < -0.39 is 5.97 Å². The highest BCUT2D eigenvalue weighted by Crippen LogP contribution is 2.25. The summed E-state index contributed by atoms with van der Waals surface area (Å²) in [6, 6.07) is 0. The standard InChI is InChI=1S/C9H12ClNO2S/c1-5(2)3-7-11-9(10)6(14-7)4-8(12)13/h5H,3-4H2,1-2H3,(H,12,13). The second-order valence-electron chi connectivity index (χ2n) is 3.49. The van der Waals surface area contributed by atoms with Gasteiger partial charge in [-0.25, -0.2) is 4.98 Å². The van der Waals surface area contributed by atoms with Crippen molar-refractivity contribution in [3.63, 3.8) is 0 Å². The molecular formula is C9H12ClNO2S. The number of carboxylic acid groups (broad SMARTS) is 1. The Morgan fingerprint density at radius 2 is 2.29 bits per heavy atom. The van der Waals surface area contributed by atoms with Crippen LogP contribution in [0, 0.1) is 5.92 Å². The monoisotopic (exact) mass is 233 g/mol. The van der Waals surface area contributed by atoms with E-state index in [9.17, 15) is 4.79 Å². The van der Waals surface area contributed by atoms with Gasteiger partial charge in [0.1, 0.15) is 5.15 Å². The third-order valence-corrected chi connectivity index (χ3v) is 3.09. The summed E-state index contributed by atoms with van der Waals surface area (Å²) in [5.74, 6) is -0.360. The summed E-state index contributed by atoms with van der Waals surface area (Å²) < 4.78 is 0. The average Bonchev–Trinajstić information content (AvgIpc) is 2.28. The highest BCUT2D eigenvalue weighted by Gasteiger charge is 2.12. The second kappa shape index (κ2) is 4.75. The molecule has 0 atom stereocenters. The Morgan fingerprint density at radius 1 is 1.64 bits per heavy atom. The Hall–Kier alpha value is -0.610. The van der Waals surface area contributed by atoms with E-state index in [-0.39, 0.29) is 6.42 Å². The lowest BCUT2D eigenvalue weighted by Crippen LogP contribution is -1.97. The average molecular weight is 234 g/mol. The van der Waals surface area contributed by atoms with Crippen molar-refractivity contribution in [3.8, 4) is 0 Å². The first-order valence-electron chi connectivity index (χ1n) is 4.35. The highest BCUT2D eigenvalue weighted by atomic mass is 35.5. The van der Waals surface area contributed by atoms with Gasteiger partial charge in [-0.05, 0) is 5.92 Å². The van der Waals surface area contributed by atoms with E-state index in [1.807, 2.05) is 0 Å². The van der Waals surface area contributed by atoms with Crippen molar-refractivity contribution in [3.05, 3.63) is 15.0 Å². The maximum absolute atomic E-state index is 10.5. The van der Waals surface area contributed by atoms with Gasteiger partial charge in [-0.2, -0.15) is 0 Å². The Labute approximate surface area is 91.7 Å². The molecule has 0 aliphatic heterocycles.